The van der Waals surface area contributed by atoms with Crippen LogP contribution in [0, 0.1) is 0 Å². The lowest BCUT2D eigenvalue weighted by Gasteiger charge is -2.13. The summed E-state index contributed by atoms with van der Waals surface area (Å²) in [6.07, 6.45) is 0.819. The third kappa shape index (κ3) is 6.74. The number of carbonyl (C=O) groups is 1. The van der Waals surface area contributed by atoms with Crippen molar-refractivity contribution in [2.24, 2.45) is 0 Å². The van der Waals surface area contributed by atoms with Gasteiger partial charge < -0.3 is 14.8 Å². The Kier molecular flexibility index (Phi) is 8.53. The molecule has 0 bridgehead atoms. The predicted molar refractivity (Wildman–Crippen MR) is 110 cm³/mol. The van der Waals surface area contributed by atoms with Gasteiger partial charge in [0.2, 0.25) is 0 Å². The Hall–Kier alpha value is -1.96. The first-order valence-corrected chi connectivity index (χ1v) is 9.34. The Bertz CT molecular complexity index is 741. The third-order valence-electron chi connectivity index (χ3n) is 3.50. The van der Waals surface area contributed by atoms with Crippen molar-refractivity contribution in [2.75, 3.05) is 26.9 Å². The van der Waals surface area contributed by atoms with Crippen LogP contribution in [-0.4, -0.2) is 37.9 Å². The van der Waals surface area contributed by atoms with E-state index in [9.17, 15) is 4.79 Å². The van der Waals surface area contributed by atoms with Gasteiger partial charge in [0.15, 0.2) is 5.11 Å². The number of rotatable bonds is 8. The lowest BCUT2D eigenvalue weighted by atomic mass is 10.1. The van der Waals surface area contributed by atoms with E-state index in [0.29, 0.717) is 31.1 Å². The van der Waals surface area contributed by atoms with Gasteiger partial charge in [-0.3, -0.25) is 10.1 Å². The summed E-state index contributed by atoms with van der Waals surface area (Å²) in [4.78, 5) is 12.5. The van der Waals surface area contributed by atoms with Crippen LogP contribution in [0.5, 0.6) is 5.75 Å². The van der Waals surface area contributed by atoms with Gasteiger partial charge in [0.05, 0.1) is 12.2 Å². The molecule has 7 heteroatoms. The minimum Gasteiger partial charge on any atom is -0.490 e. The van der Waals surface area contributed by atoms with Crippen LogP contribution in [0.15, 0.2) is 53.0 Å². The van der Waals surface area contributed by atoms with E-state index in [1.54, 1.807) is 19.2 Å². The second kappa shape index (κ2) is 10.9. The first kappa shape index (κ1) is 20.4. The second-order valence-corrected chi connectivity index (χ2v) is 6.75. The summed E-state index contributed by atoms with van der Waals surface area (Å²) in [5.74, 6) is 0.158. The number of halogens is 1. The van der Waals surface area contributed by atoms with Gasteiger partial charge in [-0.1, -0.05) is 46.3 Å². The maximum absolute atomic E-state index is 12.5. The molecule has 2 N–H and O–H groups in total. The Balaban J connectivity index is 1.89. The van der Waals surface area contributed by atoms with E-state index in [-0.39, 0.29) is 11.0 Å². The van der Waals surface area contributed by atoms with E-state index in [2.05, 4.69) is 38.7 Å². The van der Waals surface area contributed by atoms with E-state index in [4.69, 9.17) is 21.7 Å². The molecular formula is C19H21BrN2O3S. The van der Waals surface area contributed by atoms with Crippen molar-refractivity contribution in [3.05, 3.63) is 64.1 Å². The first-order valence-electron chi connectivity index (χ1n) is 8.14. The average Bonchev–Trinajstić information content (AvgIpc) is 2.64. The summed E-state index contributed by atoms with van der Waals surface area (Å²) in [5.41, 5.74) is 1.61. The Morgan fingerprint density at radius 1 is 1.15 bits per heavy atom. The van der Waals surface area contributed by atoms with Gasteiger partial charge in [-0.05, 0) is 42.4 Å². The number of thiocarbonyl (C=S) groups is 1. The number of hydrogen-bond acceptors (Lipinski definition) is 4. The predicted octanol–water partition coefficient (Wildman–Crippen LogP) is 3.32. The Morgan fingerprint density at radius 2 is 1.92 bits per heavy atom. The molecule has 0 atom stereocenters. The molecule has 0 aliphatic rings. The van der Waals surface area contributed by atoms with Crippen LogP contribution in [0.1, 0.15) is 15.9 Å². The van der Waals surface area contributed by atoms with Crippen molar-refractivity contribution in [2.45, 2.75) is 6.42 Å². The standard InChI is InChI=1S/C19H21BrN2O3S/c1-24-11-12-25-17-8-7-15(20)13-16(17)18(23)22-19(26)21-10-9-14-5-3-2-4-6-14/h2-8,13H,9-12H2,1H3,(H2,21,22,23,26). The molecular weight excluding hydrogens is 416 g/mol. The van der Waals surface area contributed by atoms with E-state index in [1.165, 1.54) is 5.56 Å². The highest BCUT2D eigenvalue weighted by molar-refractivity contribution is 9.10. The largest absolute Gasteiger partial charge is 0.490 e. The van der Waals surface area contributed by atoms with Crippen LogP contribution in [0.4, 0.5) is 0 Å². The molecule has 138 valence electrons. The van der Waals surface area contributed by atoms with Crippen LogP contribution in [-0.2, 0) is 11.2 Å². The number of benzene rings is 2. The van der Waals surface area contributed by atoms with Crippen molar-refractivity contribution >= 4 is 39.2 Å². The van der Waals surface area contributed by atoms with Gasteiger partial charge in [-0.25, -0.2) is 0 Å². The van der Waals surface area contributed by atoms with Crippen LogP contribution >= 0.6 is 28.1 Å². The monoisotopic (exact) mass is 436 g/mol. The molecule has 2 aromatic carbocycles. The molecule has 5 nitrogen and oxygen atoms in total. The van der Waals surface area contributed by atoms with Gasteiger partial charge in [-0.15, -0.1) is 0 Å². The SMILES string of the molecule is COCCOc1ccc(Br)cc1C(=O)NC(=S)NCCc1ccccc1. The van der Waals surface area contributed by atoms with E-state index in [0.717, 1.165) is 10.9 Å². The fraction of sp³-hybridized carbons (Fsp3) is 0.263. The lowest BCUT2D eigenvalue weighted by Crippen LogP contribution is -2.40. The number of carbonyl (C=O) groups excluding carboxylic acids is 1. The van der Waals surface area contributed by atoms with Gasteiger partial charge in [0, 0.05) is 18.1 Å². The maximum Gasteiger partial charge on any atom is 0.261 e. The molecule has 0 saturated carbocycles. The molecule has 0 fully saturated rings. The fourth-order valence-corrected chi connectivity index (χ4v) is 2.78. The summed E-state index contributed by atoms with van der Waals surface area (Å²) >= 11 is 8.58. The number of ether oxygens (including phenoxy) is 2. The Labute approximate surface area is 167 Å². The third-order valence-corrected chi connectivity index (χ3v) is 4.24. The summed E-state index contributed by atoms with van der Waals surface area (Å²) in [5, 5.41) is 6.02. The van der Waals surface area contributed by atoms with Gasteiger partial charge in [-0.2, -0.15) is 0 Å². The molecule has 1 amide bonds. The maximum atomic E-state index is 12.5. The number of amides is 1. The highest BCUT2D eigenvalue weighted by Crippen LogP contribution is 2.23. The molecule has 2 rings (SSSR count). The second-order valence-electron chi connectivity index (χ2n) is 5.43. The number of methoxy groups -OCH3 is 1. The summed E-state index contributed by atoms with van der Waals surface area (Å²) in [7, 11) is 1.60. The molecule has 0 aliphatic carbocycles. The van der Waals surface area contributed by atoms with E-state index in [1.807, 2.05) is 24.3 Å². The van der Waals surface area contributed by atoms with Crippen molar-refractivity contribution in [1.82, 2.24) is 10.6 Å². The van der Waals surface area contributed by atoms with Crippen LogP contribution in [0.25, 0.3) is 0 Å². The first-order chi connectivity index (χ1) is 12.6. The smallest absolute Gasteiger partial charge is 0.261 e. The number of nitrogens with one attached hydrogen (secondary N) is 2. The topological polar surface area (TPSA) is 59.6 Å². The quantitative estimate of drug-likeness (QED) is 0.490. The van der Waals surface area contributed by atoms with Crippen molar-refractivity contribution in [3.63, 3.8) is 0 Å². The van der Waals surface area contributed by atoms with Crippen LogP contribution < -0.4 is 15.4 Å². The molecule has 0 aromatic heterocycles. The molecule has 0 heterocycles. The molecule has 26 heavy (non-hydrogen) atoms. The van der Waals surface area contributed by atoms with E-state index >= 15 is 0 Å². The van der Waals surface area contributed by atoms with E-state index < -0.39 is 0 Å². The van der Waals surface area contributed by atoms with Crippen molar-refractivity contribution in [3.8, 4) is 5.75 Å². The molecule has 0 aliphatic heterocycles. The average molecular weight is 437 g/mol. The minimum atomic E-state index is -0.323. The van der Waals surface area contributed by atoms with Crippen LogP contribution in [0.3, 0.4) is 0 Å². The minimum absolute atomic E-state index is 0.286. The summed E-state index contributed by atoms with van der Waals surface area (Å²) < 4.78 is 11.4. The number of hydrogen-bond donors (Lipinski definition) is 2. The van der Waals surface area contributed by atoms with Crippen LogP contribution in [0.2, 0.25) is 0 Å². The zero-order chi connectivity index (χ0) is 18.8. The van der Waals surface area contributed by atoms with Gasteiger partial charge in [0.25, 0.3) is 5.91 Å². The zero-order valence-electron chi connectivity index (χ0n) is 14.5. The fourth-order valence-electron chi connectivity index (χ4n) is 2.22. The van der Waals surface area contributed by atoms with Crippen molar-refractivity contribution < 1.29 is 14.3 Å². The Morgan fingerprint density at radius 3 is 2.65 bits per heavy atom. The summed E-state index contributed by atoms with van der Waals surface area (Å²) in [6, 6.07) is 15.3. The highest BCUT2D eigenvalue weighted by atomic mass is 79.9. The van der Waals surface area contributed by atoms with Gasteiger partial charge >= 0.3 is 0 Å². The highest BCUT2D eigenvalue weighted by Gasteiger charge is 2.14. The lowest BCUT2D eigenvalue weighted by molar-refractivity contribution is 0.0968. The zero-order valence-corrected chi connectivity index (χ0v) is 16.9. The summed E-state index contributed by atoms with van der Waals surface area (Å²) in [6.45, 7) is 1.44. The molecule has 2 aromatic rings. The van der Waals surface area contributed by atoms with Gasteiger partial charge in [0.1, 0.15) is 12.4 Å². The van der Waals surface area contributed by atoms with Crippen molar-refractivity contribution in [1.29, 1.82) is 0 Å². The molecule has 0 saturated heterocycles. The molecule has 0 radical (unpaired) electrons. The normalized spacial score (nSPS) is 10.2. The molecule has 0 spiro atoms. The molecule has 0 unspecified atom stereocenters.